The Labute approximate surface area is 182 Å². The fourth-order valence-electron chi connectivity index (χ4n) is 3.23. The van der Waals surface area contributed by atoms with Crippen molar-refractivity contribution in [1.82, 2.24) is 10.2 Å². The lowest BCUT2D eigenvalue weighted by Crippen LogP contribution is -2.42. The molecule has 0 atom stereocenters. The number of piperidine rings is 1. The van der Waals surface area contributed by atoms with E-state index in [1.165, 1.54) is 12.1 Å². The highest BCUT2D eigenvalue weighted by Crippen LogP contribution is 2.29. The van der Waals surface area contributed by atoms with Crippen molar-refractivity contribution < 1.29 is 22.7 Å². The van der Waals surface area contributed by atoms with Gasteiger partial charge in [-0.1, -0.05) is 23.2 Å². The second kappa shape index (κ2) is 9.90. The number of ether oxygens (including phenoxy) is 1. The number of nitrogens with zero attached hydrogens (tertiary/aromatic N) is 1. The number of likely N-dealkylation sites (tertiary alicyclic amines) is 1. The molecule has 0 bridgehead atoms. The Hall–Kier alpha value is -1.96. The fraction of sp³-hybridized carbons (Fsp3) is 0.381. The molecule has 0 aliphatic carbocycles. The van der Waals surface area contributed by atoms with E-state index in [-0.39, 0.29) is 17.6 Å². The molecule has 3 rings (SSSR count). The molecule has 1 saturated heterocycles. The Bertz CT molecular complexity index is 868. The Morgan fingerprint density at radius 3 is 2.33 bits per heavy atom. The summed E-state index contributed by atoms with van der Waals surface area (Å²) in [5.74, 6) is 0.299. The maximum atomic E-state index is 12.6. The molecular weight excluding hydrogens is 440 g/mol. The van der Waals surface area contributed by atoms with Crippen molar-refractivity contribution in [2.75, 3.05) is 26.2 Å². The molecule has 1 N–H and O–H groups in total. The number of nitrogens with one attached hydrogen (secondary N) is 1. The molecule has 30 heavy (non-hydrogen) atoms. The van der Waals surface area contributed by atoms with Gasteiger partial charge in [0.1, 0.15) is 11.9 Å². The molecule has 1 fully saturated rings. The van der Waals surface area contributed by atoms with Gasteiger partial charge in [-0.3, -0.25) is 4.79 Å². The molecule has 0 spiro atoms. The van der Waals surface area contributed by atoms with Crippen LogP contribution in [0, 0.1) is 0 Å². The van der Waals surface area contributed by atoms with Crippen LogP contribution < -0.4 is 10.1 Å². The predicted molar refractivity (Wildman–Crippen MR) is 110 cm³/mol. The fourth-order valence-corrected chi connectivity index (χ4v) is 3.52. The molecule has 2 aromatic carbocycles. The summed E-state index contributed by atoms with van der Waals surface area (Å²) < 4.78 is 43.7. The van der Waals surface area contributed by atoms with Gasteiger partial charge < -0.3 is 15.0 Å². The second-order valence-electron chi connectivity index (χ2n) is 7.07. The van der Waals surface area contributed by atoms with Gasteiger partial charge >= 0.3 is 6.18 Å². The summed E-state index contributed by atoms with van der Waals surface area (Å²) in [7, 11) is 0. The van der Waals surface area contributed by atoms with E-state index < -0.39 is 11.7 Å². The molecule has 2 aromatic rings. The third-order valence-electron chi connectivity index (χ3n) is 4.92. The van der Waals surface area contributed by atoms with Gasteiger partial charge in [0, 0.05) is 37.8 Å². The standard InChI is InChI=1S/C21H21Cl2F3N2O2/c22-18-6-5-17(13-19(18)23)30-16-7-10-28(11-8-16)12-9-27-20(29)14-1-3-15(4-2-14)21(24,25)26/h1-6,13,16H,7-12H2,(H,27,29). The molecule has 1 amide bonds. The van der Waals surface area contributed by atoms with E-state index in [1.807, 2.05) is 0 Å². The summed E-state index contributed by atoms with van der Waals surface area (Å²) in [6.45, 7) is 2.72. The highest BCUT2D eigenvalue weighted by Gasteiger charge is 2.30. The Morgan fingerprint density at radius 2 is 1.73 bits per heavy atom. The molecule has 162 valence electrons. The van der Waals surface area contributed by atoms with Crippen LogP contribution in [0.25, 0.3) is 0 Å². The van der Waals surface area contributed by atoms with Crippen molar-refractivity contribution in [1.29, 1.82) is 0 Å². The number of halogens is 5. The van der Waals surface area contributed by atoms with E-state index in [0.29, 0.717) is 28.9 Å². The van der Waals surface area contributed by atoms with Gasteiger partial charge in [0.25, 0.3) is 5.91 Å². The lowest BCUT2D eigenvalue weighted by atomic mass is 10.1. The van der Waals surface area contributed by atoms with E-state index >= 15 is 0 Å². The zero-order valence-corrected chi connectivity index (χ0v) is 17.5. The number of carbonyl (C=O) groups is 1. The van der Waals surface area contributed by atoms with Gasteiger partial charge in [0.15, 0.2) is 0 Å². The van der Waals surface area contributed by atoms with Gasteiger partial charge in [-0.25, -0.2) is 0 Å². The Morgan fingerprint density at radius 1 is 1.07 bits per heavy atom. The largest absolute Gasteiger partial charge is 0.490 e. The first-order valence-corrected chi connectivity index (χ1v) is 10.3. The number of alkyl halides is 3. The monoisotopic (exact) mass is 460 g/mol. The maximum absolute atomic E-state index is 12.6. The summed E-state index contributed by atoms with van der Waals surface area (Å²) in [5, 5.41) is 3.68. The number of amides is 1. The number of hydrogen-bond acceptors (Lipinski definition) is 3. The molecular formula is C21H21Cl2F3N2O2. The molecule has 1 heterocycles. The summed E-state index contributed by atoms with van der Waals surface area (Å²) in [4.78, 5) is 14.3. The Balaban J connectivity index is 1.38. The first-order valence-electron chi connectivity index (χ1n) is 9.52. The molecule has 1 aliphatic heterocycles. The summed E-state index contributed by atoms with van der Waals surface area (Å²) >= 11 is 11.9. The van der Waals surface area contributed by atoms with Crippen LogP contribution in [0.3, 0.4) is 0 Å². The average Bonchev–Trinajstić information content (AvgIpc) is 2.71. The van der Waals surface area contributed by atoms with Crippen molar-refractivity contribution in [3.63, 3.8) is 0 Å². The van der Waals surface area contributed by atoms with Gasteiger partial charge in [-0.15, -0.1) is 0 Å². The third-order valence-corrected chi connectivity index (χ3v) is 5.66. The van der Waals surface area contributed by atoms with E-state index in [2.05, 4.69) is 10.2 Å². The quantitative estimate of drug-likeness (QED) is 0.636. The van der Waals surface area contributed by atoms with Crippen LogP contribution in [0.1, 0.15) is 28.8 Å². The number of carbonyl (C=O) groups excluding carboxylic acids is 1. The Kier molecular flexibility index (Phi) is 7.50. The summed E-state index contributed by atoms with van der Waals surface area (Å²) in [6, 6.07) is 9.38. The molecule has 4 nitrogen and oxygen atoms in total. The van der Waals surface area contributed by atoms with Gasteiger partial charge in [0.2, 0.25) is 0 Å². The van der Waals surface area contributed by atoms with Crippen molar-refractivity contribution in [3.8, 4) is 5.75 Å². The van der Waals surface area contributed by atoms with Crippen LogP contribution in [-0.2, 0) is 6.18 Å². The van der Waals surface area contributed by atoms with Crippen LogP contribution in [0.2, 0.25) is 10.0 Å². The topological polar surface area (TPSA) is 41.6 Å². The lowest BCUT2D eigenvalue weighted by Gasteiger charge is -2.32. The molecule has 9 heteroatoms. The van der Waals surface area contributed by atoms with Crippen LogP contribution in [0.5, 0.6) is 5.75 Å². The van der Waals surface area contributed by atoms with Crippen molar-refractivity contribution in [3.05, 3.63) is 63.6 Å². The molecule has 0 unspecified atom stereocenters. The van der Waals surface area contributed by atoms with Gasteiger partial charge in [0.05, 0.1) is 15.6 Å². The van der Waals surface area contributed by atoms with E-state index in [0.717, 1.165) is 38.1 Å². The smallest absolute Gasteiger partial charge is 0.416 e. The summed E-state index contributed by atoms with van der Waals surface area (Å²) in [5.41, 5.74) is -0.568. The zero-order valence-electron chi connectivity index (χ0n) is 16.0. The van der Waals surface area contributed by atoms with Crippen molar-refractivity contribution in [2.24, 2.45) is 0 Å². The molecule has 0 aromatic heterocycles. The second-order valence-corrected chi connectivity index (χ2v) is 7.88. The van der Waals surface area contributed by atoms with E-state index in [1.54, 1.807) is 18.2 Å². The first kappa shape index (κ1) is 22.7. The molecule has 0 saturated carbocycles. The minimum Gasteiger partial charge on any atom is -0.490 e. The normalized spacial score (nSPS) is 15.8. The average molecular weight is 461 g/mol. The van der Waals surface area contributed by atoms with Gasteiger partial charge in [-0.05, 0) is 49.2 Å². The SMILES string of the molecule is O=C(NCCN1CCC(Oc2ccc(Cl)c(Cl)c2)CC1)c1ccc(C(F)(F)F)cc1. The zero-order chi connectivity index (χ0) is 21.7. The van der Waals surface area contributed by atoms with Crippen LogP contribution >= 0.6 is 23.2 Å². The van der Waals surface area contributed by atoms with E-state index in [9.17, 15) is 18.0 Å². The number of hydrogen-bond donors (Lipinski definition) is 1. The minimum absolute atomic E-state index is 0.0835. The number of benzene rings is 2. The van der Waals surface area contributed by atoms with E-state index in [4.69, 9.17) is 27.9 Å². The lowest BCUT2D eigenvalue weighted by molar-refractivity contribution is -0.137. The minimum atomic E-state index is -4.41. The highest BCUT2D eigenvalue weighted by molar-refractivity contribution is 6.42. The van der Waals surface area contributed by atoms with Crippen LogP contribution in [-0.4, -0.2) is 43.1 Å². The third kappa shape index (κ3) is 6.27. The van der Waals surface area contributed by atoms with Crippen molar-refractivity contribution >= 4 is 29.1 Å². The molecule has 1 aliphatic rings. The molecule has 0 radical (unpaired) electrons. The van der Waals surface area contributed by atoms with Crippen LogP contribution in [0.4, 0.5) is 13.2 Å². The maximum Gasteiger partial charge on any atom is 0.416 e. The predicted octanol–water partition coefficient (Wildman–Crippen LogP) is 5.29. The van der Waals surface area contributed by atoms with Crippen LogP contribution in [0.15, 0.2) is 42.5 Å². The number of rotatable bonds is 6. The first-order chi connectivity index (χ1) is 14.2. The van der Waals surface area contributed by atoms with Gasteiger partial charge in [-0.2, -0.15) is 13.2 Å². The highest BCUT2D eigenvalue weighted by atomic mass is 35.5. The summed E-state index contributed by atoms with van der Waals surface area (Å²) in [6.07, 6.45) is -2.65. The van der Waals surface area contributed by atoms with Crippen molar-refractivity contribution in [2.45, 2.75) is 25.1 Å².